The van der Waals surface area contributed by atoms with E-state index in [4.69, 9.17) is 0 Å². The Bertz CT molecular complexity index is 173. The van der Waals surface area contributed by atoms with E-state index in [1.807, 2.05) is 0 Å². The minimum absolute atomic E-state index is 0.359. The van der Waals surface area contributed by atoms with E-state index in [0.29, 0.717) is 11.0 Å². The molecule has 0 radical (unpaired) electrons. The van der Waals surface area contributed by atoms with Crippen LogP contribution in [0.3, 0.4) is 0 Å². The summed E-state index contributed by atoms with van der Waals surface area (Å²) in [5, 5.41) is 1.17. The zero-order valence-electron chi connectivity index (χ0n) is 9.36. The molecular formula is C11H22BrN. The van der Waals surface area contributed by atoms with Gasteiger partial charge in [-0.25, -0.2) is 0 Å². The fourth-order valence-corrected chi connectivity index (χ4v) is 2.24. The molecule has 1 rings (SSSR count). The first-order chi connectivity index (χ1) is 5.96. The van der Waals surface area contributed by atoms with Crippen LogP contribution >= 0.6 is 15.9 Å². The Morgan fingerprint density at radius 3 is 2.23 bits per heavy atom. The van der Waals surface area contributed by atoms with Crippen LogP contribution in [0.2, 0.25) is 0 Å². The molecule has 1 aliphatic rings. The Labute approximate surface area is 91.0 Å². The fraction of sp³-hybridized carbons (Fsp3) is 1.00. The molecule has 0 N–H and O–H groups in total. The van der Waals surface area contributed by atoms with E-state index >= 15 is 0 Å². The molecule has 0 spiro atoms. The van der Waals surface area contributed by atoms with E-state index in [0.717, 1.165) is 0 Å². The number of halogens is 1. The zero-order chi connectivity index (χ0) is 10.1. The Kier molecular flexibility index (Phi) is 3.45. The molecule has 0 amide bonds. The third kappa shape index (κ3) is 2.69. The maximum Gasteiger partial charge on any atom is 0.0147 e. The van der Waals surface area contributed by atoms with Crippen LogP contribution in [-0.2, 0) is 0 Å². The van der Waals surface area contributed by atoms with Crippen LogP contribution < -0.4 is 0 Å². The van der Waals surface area contributed by atoms with Crippen molar-refractivity contribution in [1.29, 1.82) is 0 Å². The van der Waals surface area contributed by atoms with Crippen LogP contribution in [-0.4, -0.2) is 29.4 Å². The first-order valence-electron chi connectivity index (χ1n) is 5.23. The van der Waals surface area contributed by atoms with Gasteiger partial charge in [0.1, 0.15) is 0 Å². The van der Waals surface area contributed by atoms with Crippen LogP contribution in [0.5, 0.6) is 0 Å². The smallest absolute Gasteiger partial charge is 0.0147 e. The summed E-state index contributed by atoms with van der Waals surface area (Å²) in [6.07, 6.45) is 4.03. The summed E-state index contributed by atoms with van der Waals surface area (Å²) in [5.74, 6) is 0. The maximum atomic E-state index is 3.62. The molecule has 78 valence electrons. The van der Waals surface area contributed by atoms with Gasteiger partial charge in [0.15, 0.2) is 0 Å². The van der Waals surface area contributed by atoms with Crippen molar-refractivity contribution < 1.29 is 0 Å². The predicted octanol–water partition coefficient (Wildman–Crippen LogP) is 3.28. The molecule has 1 nitrogen and oxygen atoms in total. The van der Waals surface area contributed by atoms with Crippen molar-refractivity contribution in [3.8, 4) is 0 Å². The third-order valence-corrected chi connectivity index (χ3v) is 4.90. The number of nitrogens with zero attached hydrogens (tertiary/aromatic N) is 1. The van der Waals surface area contributed by atoms with Crippen LogP contribution in [0.4, 0.5) is 0 Å². The van der Waals surface area contributed by atoms with Gasteiger partial charge in [0.25, 0.3) is 0 Å². The van der Waals surface area contributed by atoms with Gasteiger partial charge in [-0.2, -0.15) is 0 Å². The van der Waals surface area contributed by atoms with Gasteiger partial charge in [0.2, 0.25) is 0 Å². The number of hydrogen-bond donors (Lipinski definition) is 0. The highest BCUT2D eigenvalue weighted by Gasteiger charge is 2.43. The van der Waals surface area contributed by atoms with Gasteiger partial charge in [0, 0.05) is 17.4 Å². The molecule has 0 saturated heterocycles. The Morgan fingerprint density at radius 2 is 1.92 bits per heavy atom. The van der Waals surface area contributed by atoms with Gasteiger partial charge >= 0.3 is 0 Å². The van der Waals surface area contributed by atoms with Crippen LogP contribution in [0.1, 0.15) is 40.0 Å². The molecule has 1 fully saturated rings. The summed E-state index contributed by atoms with van der Waals surface area (Å²) < 4.78 is 0. The monoisotopic (exact) mass is 247 g/mol. The summed E-state index contributed by atoms with van der Waals surface area (Å²) in [6.45, 7) is 8.18. The lowest BCUT2D eigenvalue weighted by Crippen LogP contribution is -2.43. The van der Waals surface area contributed by atoms with Crippen LogP contribution in [0.25, 0.3) is 0 Å². The SMILES string of the molecule is CCC(C)(C)N(C)CC1(CBr)CC1. The highest BCUT2D eigenvalue weighted by Crippen LogP contribution is 2.48. The van der Waals surface area contributed by atoms with Crippen molar-refractivity contribution >= 4 is 15.9 Å². The second-order valence-corrected chi connectivity index (χ2v) is 5.72. The van der Waals surface area contributed by atoms with Crippen molar-refractivity contribution in [3.05, 3.63) is 0 Å². The molecular weight excluding hydrogens is 226 g/mol. The molecule has 0 heterocycles. The van der Waals surface area contributed by atoms with Crippen LogP contribution in [0, 0.1) is 5.41 Å². The van der Waals surface area contributed by atoms with Gasteiger partial charge in [-0.1, -0.05) is 22.9 Å². The van der Waals surface area contributed by atoms with E-state index in [2.05, 4.69) is 48.6 Å². The molecule has 0 aromatic carbocycles. The third-order valence-electron chi connectivity index (χ3n) is 3.71. The van der Waals surface area contributed by atoms with E-state index in [-0.39, 0.29) is 0 Å². The van der Waals surface area contributed by atoms with Gasteiger partial charge in [-0.3, -0.25) is 0 Å². The van der Waals surface area contributed by atoms with Gasteiger partial charge in [-0.15, -0.1) is 0 Å². The van der Waals surface area contributed by atoms with E-state index in [1.54, 1.807) is 0 Å². The molecule has 2 heteroatoms. The molecule has 0 bridgehead atoms. The second-order valence-electron chi connectivity index (χ2n) is 5.16. The molecule has 1 saturated carbocycles. The number of rotatable bonds is 5. The van der Waals surface area contributed by atoms with Crippen LogP contribution in [0.15, 0.2) is 0 Å². The zero-order valence-corrected chi connectivity index (χ0v) is 10.9. The average molecular weight is 248 g/mol. The fourth-order valence-electron chi connectivity index (χ4n) is 1.50. The Balaban J connectivity index is 2.45. The second kappa shape index (κ2) is 3.90. The Morgan fingerprint density at radius 1 is 1.38 bits per heavy atom. The molecule has 0 aromatic heterocycles. The van der Waals surface area contributed by atoms with Gasteiger partial charge < -0.3 is 4.90 Å². The summed E-state index contributed by atoms with van der Waals surface area (Å²) >= 11 is 3.62. The highest BCUT2D eigenvalue weighted by molar-refractivity contribution is 9.09. The summed E-state index contributed by atoms with van der Waals surface area (Å²) in [6, 6.07) is 0. The molecule has 0 aromatic rings. The van der Waals surface area contributed by atoms with E-state index in [1.165, 1.54) is 31.1 Å². The molecule has 0 unspecified atom stereocenters. The van der Waals surface area contributed by atoms with Crippen molar-refractivity contribution in [1.82, 2.24) is 4.90 Å². The standard InChI is InChI=1S/C11H22BrN/c1-5-10(2,3)13(4)9-11(8-12)6-7-11/h5-9H2,1-4H3. The maximum absolute atomic E-state index is 3.62. The van der Waals surface area contributed by atoms with Crippen molar-refractivity contribution in [2.45, 2.75) is 45.6 Å². The summed E-state index contributed by atoms with van der Waals surface area (Å²) in [7, 11) is 2.26. The average Bonchev–Trinajstić information content (AvgIpc) is 2.85. The summed E-state index contributed by atoms with van der Waals surface area (Å²) in [5.41, 5.74) is 0.971. The van der Waals surface area contributed by atoms with Crippen molar-refractivity contribution in [3.63, 3.8) is 0 Å². The molecule has 0 aliphatic heterocycles. The Hall–Kier alpha value is 0.440. The van der Waals surface area contributed by atoms with Crippen molar-refractivity contribution in [2.24, 2.45) is 5.41 Å². The quantitative estimate of drug-likeness (QED) is 0.675. The predicted molar refractivity (Wildman–Crippen MR) is 62.5 cm³/mol. The molecule has 1 aliphatic carbocycles. The number of hydrogen-bond acceptors (Lipinski definition) is 1. The van der Waals surface area contributed by atoms with E-state index < -0.39 is 0 Å². The lowest BCUT2D eigenvalue weighted by molar-refractivity contribution is 0.127. The normalized spacial score (nSPS) is 20.8. The number of alkyl halides is 1. The minimum atomic E-state index is 0.359. The van der Waals surface area contributed by atoms with Gasteiger partial charge in [0.05, 0.1) is 0 Å². The van der Waals surface area contributed by atoms with E-state index in [9.17, 15) is 0 Å². The minimum Gasteiger partial charge on any atom is -0.301 e. The summed E-state index contributed by atoms with van der Waals surface area (Å²) in [4.78, 5) is 2.52. The van der Waals surface area contributed by atoms with Crippen molar-refractivity contribution in [2.75, 3.05) is 18.9 Å². The highest BCUT2D eigenvalue weighted by atomic mass is 79.9. The topological polar surface area (TPSA) is 3.24 Å². The molecule has 13 heavy (non-hydrogen) atoms. The molecule has 0 atom stereocenters. The first kappa shape index (κ1) is 11.5. The van der Waals surface area contributed by atoms with Gasteiger partial charge in [-0.05, 0) is 45.6 Å². The lowest BCUT2D eigenvalue weighted by Gasteiger charge is -2.37. The first-order valence-corrected chi connectivity index (χ1v) is 6.35. The largest absolute Gasteiger partial charge is 0.301 e. The lowest BCUT2D eigenvalue weighted by atomic mass is 9.97.